The molecule has 2 fully saturated rings. The van der Waals surface area contributed by atoms with Gasteiger partial charge in [-0.2, -0.15) is 15.1 Å². The van der Waals surface area contributed by atoms with E-state index < -0.39 is 5.82 Å². The highest BCUT2D eigenvalue weighted by atomic mass is 32.1. The van der Waals surface area contributed by atoms with Gasteiger partial charge in [0.25, 0.3) is 0 Å². The number of nitrogens with zero attached hydrogens (tertiary/aromatic N) is 5. The molecule has 2 unspecified atom stereocenters. The molecule has 4 aromatic heterocycles. The second kappa shape index (κ2) is 8.33. The number of methoxy groups -OCH3 is 1. The highest BCUT2D eigenvalue weighted by Crippen LogP contribution is 2.46. The van der Waals surface area contributed by atoms with E-state index in [1.54, 1.807) is 25.6 Å². The second-order valence-electron chi connectivity index (χ2n) is 10.1. The fourth-order valence-electron chi connectivity index (χ4n) is 6.30. The van der Waals surface area contributed by atoms with Gasteiger partial charge in [-0.15, -0.1) is 17.8 Å². The average Bonchev–Trinajstić information content (AvgIpc) is 3.67. The number of anilines is 1. The van der Waals surface area contributed by atoms with Crippen LogP contribution in [0.25, 0.3) is 53.2 Å². The van der Waals surface area contributed by atoms with Crippen LogP contribution in [0.4, 0.5) is 10.2 Å². The Hall–Kier alpha value is -4.33. The van der Waals surface area contributed by atoms with E-state index in [9.17, 15) is 0 Å². The van der Waals surface area contributed by atoms with Crippen LogP contribution in [0.5, 0.6) is 6.01 Å². The minimum atomic E-state index is -0.441. The molecule has 10 heteroatoms. The molecule has 2 atom stereocenters. The Kier molecular flexibility index (Phi) is 4.84. The Bertz CT molecular complexity index is 2000. The summed E-state index contributed by atoms with van der Waals surface area (Å²) >= 11 is 1.53. The minimum absolute atomic E-state index is 0.212. The number of rotatable bonds is 3. The zero-order valence-corrected chi connectivity index (χ0v) is 21.8. The molecule has 2 aliphatic heterocycles. The summed E-state index contributed by atoms with van der Waals surface area (Å²) in [6.07, 6.45) is 11.7. The third-order valence-corrected chi connectivity index (χ3v) is 9.07. The fourth-order valence-corrected chi connectivity index (χ4v) is 7.45. The monoisotopic (exact) mass is 535 g/mol. The third kappa shape index (κ3) is 3.27. The van der Waals surface area contributed by atoms with E-state index >= 15 is 4.39 Å². The lowest BCUT2D eigenvalue weighted by molar-refractivity contribution is 0.380. The van der Waals surface area contributed by atoms with Crippen LogP contribution in [-0.2, 0) is 0 Å². The van der Waals surface area contributed by atoms with Gasteiger partial charge in [0.05, 0.1) is 40.2 Å². The highest BCUT2D eigenvalue weighted by molar-refractivity contribution is 7.26. The lowest BCUT2D eigenvalue weighted by Crippen LogP contribution is -2.51. The molecule has 0 saturated carbocycles. The van der Waals surface area contributed by atoms with Crippen LogP contribution in [0.3, 0.4) is 0 Å². The molecule has 0 amide bonds. The Morgan fingerprint density at radius 2 is 1.97 bits per heavy atom. The number of hydrogen-bond acceptors (Lipinski definition) is 8. The number of pyridine rings is 1. The minimum Gasteiger partial charge on any atom is -0.467 e. The first-order chi connectivity index (χ1) is 19.1. The molecular weight excluding hydrogens is 513 g/mol. The number of aromatic nitrogens is 5. The standard InChI is InChI=1S/C29H22FN7OS/c1-3-17-20(30)7-4-14-10-21-19(11-32-36-21)23(22(14)17)25-26-18(8-9-31-25)24-27(34-29(38-2)35-28(24)39-26)37-12-15-5-6-16(13-37)33-15/h1,4,7-11,15-16,33H,5-6,12-13H2,2H3,(H,32,36). The largest absolute Gasteiger partial charge is 0.467 e. The maximum Gasteiger partial charge on any atom is 0.319 e. The molecule has 2 aromatic carbocycles. The van der Waals surface area contributed by atoms with Crippen LogP contribution in [0.1, 0.15) is 18.4 Å². The van der Waals surface area contributed by atoms with Crippen molar-refractivity contribution in [1.29, 1.82) is 0 Å². The molecule has 0 spiro atoms. The Balaban J connectivity index is 1.46. The van der Waals surface area contributed by atoms with Gasteiger partial charge in [-0.25, -0.2) is 4.39 Å². The molecule has 192 valence electrons. The molecule has 0 aliphatic carbocycles. The summed E-state index contributed by atoms with van der Waals surface area (Å²) < 4.78 is 21.5. The van der Waals surface area contributed by atoms with Crippen molar-refractivity contribution in [3.05, 3.63) is 48.0 Å². The summed E-state index contributed by atoms with van der Waals surface area (Å²) in [5, 5.41) is 15.3. The van der Waals surface area contributed by atoms with Crippen molar-refractivity contribution in [1.82, 2.24) is 30.5 Å². The van der Waals surface area contributed by atoms with Crippen molar-refractivity contribution in [3.63, 3.8) is 0 Å². The Labute approximate surface area is 226 Å². The van der Waals surface area contributed by atoms with Gasteiger partial charge in [0, 0.05) is 53.1 Å². The molecule has 6 aromatic rings. The number of benzene rings is 2. The Morgan fingerprint density at radius 1 is 1.13 bits per heavy atom. The fraction of sp³-hybridized carbons (Fsp3) is 0.241. The van der Waals surface area contributed by atoms with E-state index in [4.69, 9.17) is 26.1 Å². The van der Waals surface area contributed by atoms with Crippen molar-refractivity contribution in [3.8, 4) is 29.6 Å². The van der Waals surface area contributed by atoms with Gasteiger partial charge >= 0.3 is 6.01 Å². The van der Waals surface area contributed by atoms with Gasteiger partial charge < -0.3 is 15.0 Å². The van der Waals surface area contributed by atoms with E-state index in [2.05, 4.69) is 26.3 Å². The lowest BCUT2D eigenvalue weighted by Gasteiger charge is -2.34. The van der Waals surface area contributed by atoms with E-state index in [1.165, 1.54) is 30.2 Å². The van der Waals surface area contributed by atoms with Gasteiger partial charge in [-0.1, -0.05) is 12.0 Å². The summed E-state index contributed by atoms with van der Waals surface area (Å²) in [7, 11) is 1.59. The van der Waals surface area contributed by atoms with Crippen LogP contribution in [0, 0.1) is 18.2 Å². The number of piperazine rings is 1. The zero-order chi connectivity index (χ0) is 26.2. The van der Waals surface area contributed by atoms with E-state index in [0.717, 1.165) is 61.1 Å². The summed E-state index contributed by atoms with van der Waals surface area (Å²) in [4.78, 5) is 17.6. The van der Waals surface area contributed by atoms with Crippen molar-refractivity contribution >= 4 is 59.1 Å². The van der Waals surface area contributed by atoms with E-state index in [1.807, 2.05) is 12.1 Å². The van der Waals surface area contributed by atoms with Crippen LogP contribution in [-0.4, -0.2) is 57.4 Å². The zero-order valence-electron chi connectivity index (χ0n) is 21.0. The van der Waals surface area contributed by atoms with Crippen LogP contribution in [0.15, 0.2) is 36.7 Å². The number of ether oxygens (including phenoxy) is 1. The summed E-state index contributed by atoms with van der Waals surface area (Å²) in [6, 6.07) is 8.34. The first kappa shape index (κ1) is 22.6. The predicted octanol–water partition coefficient (Wildman–Crippen LogP) is 5.01. The quantitative estimate of drug-likeness (QED) is 0.308. The smallest absolute Gasteiger partial charge is 0.319 e. The molecule has 2 saturated heterocycles. The molecule has 6 heterocycles. The Morgan fingerprint density at radius 3 is 2.77 bits per heavy atom. The second-order valence-corrected chi connectivity index (χ2v) is 11.1. The molecule has 0 radical (unpaired) electrons. The topological polar surface area (TPSA) is 91.8 Å². The number of thiophene rings is 1. The molecular formula is C29H22FN7OS. The van der Waals surface area contributed by atoms with Gasteiger partial charge in [-0.05, 0) is 36.4 Å². The maximum absolute atomic E-state index is 15.0. The van der Waals surface area contributed by atoms with E-state index in [0.29, 0.717) is 29.2 Å². The summed E-state index contributed by atoms with van der Waals surface area (Å²) in [5.74, 6) is 3.01. The summed E-state index contributed by atoms with van der Waals surface area (Å²) in [5.41, 5.74) is 2.50. The molecule has 2 bridgehead atoms. The molecule has 2 aliphatic rings. The van der Waals surface area contributed by atoms with Crippen molar-refractivity contribution < 1.29 is 9.13 Å². The number of hydrogen-bond donors (Lipinski definition) is 2. The summed E-state index contributed by atoms with van der Waals surface area (Å²) in [6.45, 7) is 1.76. The molecule has 8 rings (SSSR count). The molecule has 39 heavy (non-hydrogen) atoms. The first-order valence-electron chi connectivity index (χ1n) is 12.8. The van der Waals surface area contributed by atoms with Gasteiger partial charge in [0.15, 0.2) is 0 Å². The number of aromatic amines is 1. The van der Waals surface area contributed by atoms with Crippen molar-refractivity contribution in [2.45, 2.75) is 24.9 Å². The maximum atomic E-state index is 15.0. The SMILES string of the molecule is C#Cc1c(F)ccc2cc3[nH]ncc3c(-c3nccc4c3sc3nc(OC)nc(N5CC6CCC(C5)N6)c34)c12. The van der Waals surface area contributed by atoms with Crippen LogP contribution >= 0.6 is 11.3 Å². The average molecular weight is 536 g/mol. The first-order valence-corrected chi connectivity index (χ1v) is 13.6. The normalized spacial score (nSPS) is 18.9. The van der Waals surface area contributed by atoms with Crippen LogP contribution < -0.4 is 15.0 Å². The van der Waals surface area contributed by atoms with Crippen LogP contribution in [0.2, 0.25) is 0 Å². The van der Waals surface area contributed by atoms with Gasteiger partial charge in [-0.3, -0.25) is 10.1 Å². The number of terminal acetylenes is 1. The number of fused-ring (bicyclic) bond motifs is 7. The third-order valence-electron chi connectivity index (χ3n) is 7.96. The van der Waals surface area contributed by atoms with Gasteiger partial charge in [0.1, 0.15) is 16.5 Å². The number of nitrogens with one attached hydrogen (secondary N) is 2. The van der Waals surface area contributed by atoms with E-state index in [-0.39, 0.29) is 5.56 Å². The molecule has 8 nitrogen and oxygen atoms in total. The lowest BCUT2D eigenvalue weighted by atomic mass is 9.93. The number of halogens is 1. The van der Waals surface area contributed by atoms with Crippen molar-refractivity contribution in [2.24, 2.45) is 0 Å². The predicted molar refractivity (Wildman–Crippen MR) is 152 cm³/mol. The molecule has 2 N–H and O–H groups in total. The van der Waals surface area contributed by atoms with Gasteiger partial charge in [0.2, 0.25) is 0 Å². The number of H-pyrrole nitrogens is 1. The van der Waals surface area contributed by atoms with Crippen molar-refractivity contribution in [2.75, 3.05) is 25.1 Å². The highest BCUT2D eigenvalue weighted by Gasteiger charge is 2.34.